The van der Waals surface area contributed by atoms with Crippen LogP contribution in [0.4, 0.5) is 5.13 Å². The van der Waals surface area contributed by atoms with Crippen molar-refractivity contribution < 1.29 is 9.53 Å². The largest absolute Gasteiger partial charge is 0.492 e. The summed E-state index contributed by atoms with van der Waals surface area (Å²) < 4.78 is 9.93. The molecule has 0 radical (unpaired) electrons. The molecule has 0 spiro atoms. The van der Waals surface area contributed by atoms with E-state index in [0.717, 1.165) is 54.9 Å². The fourth-order valence-electron chi connectivity index (χ4n) is 3.33. The minimum atomic E-state index is -0.170. The van der Waals surface area contributed by atoms with E-state index in [2.05, 4.69) is 14.3 Å². The smallest absolute Gasteiger partial charge is 0.233 e. The number of anilines is 1. The first-order valence-corrected chi connectivity index (χ1v) is 9.05. The first kappa shape index (κ1) is 15.4. The maximum atomic E-state index is 13.0. The average molecular weight is 344 g/mol. The van der Waals surface area contributed by atoms with Gasteiger partial charge in [-0.2, -0.15) is 4.37 Å². The van der Waals surface area contributed by atoms with Crippen molar-refractivity contribution in [3.05, 3.63) is 35.7 Å². The monoisotopic (exact) mass is 344 g/mol. The van der Waals surface area contributed by atoms with Crippen molar-refractivity contribution in [2.45, 2.75) is 19.3 Å². The molecule has 4 rings (SSSR count). The zero-order chi connectivity index (χ0) is 16.5. The van der Waals surface area contributed by atoms with Gasteiger partial charge in [0, 0.05) is 43.3 Å². The molecule has 2 aliphatic rings. The van der Waals surface area contributed by atoms with Gasteiger partial charge in [-0.1, -0.05) is 18.2 Å². The molecule has 2 aromatic rings. The van der Waals surface area contributed by atoms with Crippen LogP contribution in [0.2, 0.25) is 0 Å². The van der Waals surface area contributed by atoms with Gasteiger partial charge in [-0.3, -0.25) is 4.79 Å². The van der Waals surface area contributed by atoms with E-state index in [0.29, 0.717) is 6.61 Å². The number of nitrogens with zero attached hydrogens (tertiary/aromatic N) is 4. The number of aromatic nitrogens is 2. The number of carbonyl (C=O) groups is 1. The van der Waals surface area contributed by atoms with Crippen molar-refractivity contribution in [2.75, 3.05) is 37.7 Å². The highest BCUT2D eigenvalue weighted by Crippen LogP contribution is 2.34. The van der Waals surface area contributed by atoms with Gasteiger partial charge in [0.2, 0.25) is 11.0 Å². The van der Waals surface area contributed by atoms with E-state index in [4.69, 9.17) is 4.74 Å². The van der Waals surface area contributed by atoms with Crippen LogP contribution >= 0.6 is 11.5 Å². The number of amides is 1. The number of rotatable bonds is 2. The molecular weight excluding hydrogens is 324 g/mol. The van der Waals surface area contributed by atoms with Crippen LogP contribution < -0.4 is 9.64 Å². The number of ether oxygens (including phenoxy) is 1. The molecule has 1 aromatic heterocycles. The molecule has 126 valence electrons. The van der Waals surface area contributed by atoms with Gasteiger partial charge >= 0.3 is 0 Å². The number of para-hydroxylation sites is 1. The van der Waals surface area contributed by atoms with Crippen LogP contribution in [0.15, 0.2) is 24.3 Å². The van der Waals surface area contributed by atoms with Gasteiger partial charge in [0.25, 0.3) is 0 Å². The van der Waals surface area contributed by atoms with Crippen molar-refractivity contribution in [3.8, 4) is 5.75 Å². The van der Waals surface area contributed by atoms with E-state index in [1.807, 2.05) is 36.1 Å². The Hall–Kier alpha value is -2.15. The molecular formula is C17H20N4O2S. The highest BCUT2D eigenvalue weighted by atomic mass is 32.1. The van der Waals surface area contributed by atoms with Gasteiger partial charge in [-0.15, -0.1) is 0 Å². The van der Waals surface area contributed by atoms with E-state index in [-0.39, 0.29) is 11.8 Å². The molecule has 7 heteroatoms. The molecule has 6 nitrogen and oxygen atoms in total. The van der Waals surface area contributed by atoms with Crippen LogP contribution in [0.3, 0.4) is 0 Å². The number of hydrogen-bond acceptors (Lipinski definition) is 6. The summed E-state index contributed by atoms with van der Waals surface area (Å²) in [6, 6.07) is 7.85. The first-order chi connectivity index (χ1) is 11.7. The van der Waals surface area contributed by atoms with E-state index in [9.17, 15) is 4.79 Å². The standard InChI is InChI=1S/C17H20N4O2S/c1-12-18-17(24-19-12)21-8-4-7-20(9-10-21)16(22)14-11-23-15-6-3-2-5-13(14)15/h2-3,5-6,14H,4,7-11H2,1H3/t14-/m1/s1. The number of aryl methyl sites for hydroxylation is 1. The Morgan fingerprint density at radius 1 is 1.25 bits per heavy atom. The van der Waals surface area contributed by atoms with Gasteiger partial charge in [0.15, 0.2) is 0 Å². The van der Waals surface area contributed by atoms with Crippen LogP contribution in [-0.2, 0) is 4.79 Å². The SMILES string of the molecule is Cc1nsc(N2CCCN(C(=O)[C@@H]3COc4ccccc43)CC2)n1. The average Bonchev–Trinajstić information content (AvgIpc) is 3.13. The van der Waals surface area contributed by atoms with Crippen LogP contribution in [0.1, 0.15) is 23.7 Å². The summed E-state index contributed by atoms with van der Waals surface area (Å²) >= 11 is 1.43. The van der Waals surface area contributed by atoms with E-state index in [1.165, 1.54) is 11.5 Å². The van der Waals surface area contributed by atoms with Gasteiger partial charge in [-0.05, 0) is 19.4 Å². The molecule has 0 aliphatic carbocycles. The fraction of sp³-hybridized carbons (Fsp3) is 0.471. The number of fused-ring (bicyclic) bond motifs is 1. The lowest BCUT2D eigenvalue weighted by Crippen LogP contribution is -2.38. The topological polar surface area (TPSA) is 58.6 Å². The quantitative estimate of drug-likeness (QED) is 0.835. The van der Waals surface area contributed by atoms with Gasteiger partial charge in [-0.25, -0.2) is 4.98 Å². The molecule has 0 saturated carbocycles. The Morgan fingerprint density at radius 2 is 2.12 bits per heavy atom. The van der Waals surface area contributed by atoms with Crippen molar-refractivity contribution in [2.24, 2.45) is 0 Å². The summed E-state index contributed by atoms with van der Waals surface area (Å²) in [6.45, 7) is 5.58. The Morgan fingerprint density at radius 3 is 2.96 bits per heavy atom. The highest BCUT2D eigenvalue weighted by molar-refractivity contribution is 7.09. The van der Waals surface area contributed by atoms with Crippen molar-refractivity contribution >= 4 is 22.6 Å². The predicted octanol–water partition coefficient (Wildman–Crippen LogP) is 2.06. The van der Waals surface area contributed by atoms with E-state index >= 15 is 0 Å². The second-order valence-electron chi connectivity index (χ2n) is 6.19. The molecule has 0 N–H and O–H groups in total. The first-order valence-electron chi connectivity index (χ1n) is 8.28. The molecule has 0 unspecified atom stereocenters. The zero-order valence-corrected chi connectivity index (χ0v) is 14.5. The lowest BCUT2D eigenvalue weighted by Gasteiger charge is -2.24. The summed E-state index contributed by atoms with van der Waals surface area (Å²) in [7, 11) is 0. The molecule has 1 saturated heterocycles. The molecule has 3 heterocycles. The highest BCUT2D eigenvalue weighted by Gasteiger charge is 2.34. The summed E-state index contributed by atoms with van der Waals surface area (Å²) in [6.07, 6.45) is 0.944. The Balaban J connectivity index is 1.45. The van der Waals surface area contributed by atoms with Crippen molar-refractivity contribution in [1.82, 2.24) is 14.3 Å². The molecule has 1 fully saturated rings. The summed E-state index contributed by atoms with van der Waals surface area (Å²) in [5.41, 5.74) is 1.02. The predicted molar refractivity (Wildman–Crippen MR) is 92.7 cm³/mol. The Kier molecular flexibility index (Phi) is 4.10. The van der Waals surface area contributed by atoms with Crippen LogP contribution in [0.5, 0.6) is 5.75 Å². The van der Waals surface area contributed by atoms with Gasteiger partial charge in [0.05, 0.1) is 0 Å². The molecule has 0 bridgehead atoms. The van der Waals surface area contributed by atoms with Gasteiger partial charge in [0.1, 0.15) is 24.1 Å². The fourth-order valence-corrected chi connectivity index (χ4v) is 4.06. The third-order valence-electron chi connectivity index (χ3n) is 4.59. The van der Waals surface area contributed by atoms with Crippen LogP contribution in [-0.4, -0.2) is 53.0 Å². The van der Waals surface area contributed by atoms with Gasteiger partial charge < -0.3 is 14.5 Å². The third kappa shape index (κ3) is 2.84. The third-order valence-corrected chi connectivity index (χ3v) is 5.46. The summed E-state index contributed by atoms with van der Waals surface area (Å²) in [5.74, 6) is 1.66. The molecule has 24 heavy (non-hydrogen) atoms. The number of benzene rings is 1. The van der Waals surface area contributed by atoms with Crippen LogP contribution in [0, 0.1) is 6.92 Å². The maximum Gasteiger partial charge on any atom is 0.233 e. The lowest BCUT2D eigenvalue weighted by molar-refractivity contribution is -0.132. The second-order valence-corrected chi connectivity index (χ2v) is 6.92. The minimum Gasteiger partial charge on any atom is -0.492 e. The molecule has 1 atom stereocenters. The zero-order valence-electron chi connectivity index (χ0n) is 13.6. The minimum absolute atomic E-state index is 0.170. The molecule has 2 aliphatic heterocycles. The normalized spacial score (nSPS) is 20.5. The van der Waals surface area contributed by atoms with E-state index < -0.39 is 0 Å². The molecule has 1 aromatic carbocycles. The second kappa shape index (κ2) is 6.39. The molecule has 1 amide bonds. The number of hydrogen-bond donors (Lipinski definition) is 0. The van der Waals surface area contributed by atoms with Crippen molar-refractivity contribution in [3.63, 3.8) is 0 Å². The van der Waals surface area contributed by atoms with Crippen LogP contribution in [0.25, 0.3) is 0 Å². The summed E-state index contributed by atoms with van der Waals surface area (Å²) in [5, 5.41) is 0.955. The lowest BCUT2D eigenvalue weighted by atomic mass is 10.00. The Bertz CT molecular complexity index is 748. The van der Waals surface area contributed by atoms with E-state index in [1.54, 1.807) is 0 Å². The number of carbonyl (C=O) groups excluding carboxylic acids is 1. The van der Waals surface area contributed by atoms with Crippen molar-refractivity contribution in [1.29, 1.82) is 0 Å². The summed E-state index contributed by atoms with van der Waals surface area (Å²) in [4.78, 5) is 21.6. The Labute approximate surface area is 145 Å². The maximum absolute atomic E-state index is 13.0.